The van der Waals surface area contributed by atoms with Crippen LogP contribution in [0.25, 0.3) is 11.3 Å². The number of nitrogens with zero attached hydrogens (tertiary/aromatic N) is 4. The first-order valence-electron chi connectivity index (χ1n) is 13.4. The Hall–Kier alpha value is -3.53. The van der Waals surface area contributed by atoms with Crippen LogP contribution in [0.15, 0.2) is 54.7 Å². The van der Waals surface area contributed by atoms with Crippen LogP contribution in [-0.4, -0.2) is 77.4 Å². The van der Waals surface area contributed by atoms with Gasteiger partial charge in [0.25, 0.3) is 0 Å². The second-order valence-electron chi connectivity index (χ2n) is 10.1. The van der Waals surface area contributed by atoms with Gasteiger partial charge in [-0.15, -0.1) is 0 Å². The van der Waals surface area contributed by atoms with E-state index in [-0.39, 0.29) is 11.8 Å². The number of rotatable bonds is 1. The molecular weight excluding hydrogens is 482 g/mol. The Morgan fingerprint density at radius 3 is 2.84 bits per heavy atom. The molecule has 2 saturated heterocycles. The van der Waals surface area contributed by atoms with Crippen molar-refractivity contribution in [1.82, 2.24) is 14.9 Å². The molecule has 1 aromatic heterocycles. The van der Waals surface area contributed by atoms with Crippen LogP contribution in [0, 0.1) is 0 Å². The van der Waals surface area contributed by atoms with E-state index in [0.717, 1.165) is 47.0 Å². The van der Waals surface area contributed by atoms with Crippen molar-refractivity contribution in [2.75, 3.05) is 49.7 Å². The summed E-state index contributed by atoms with van der Waals surface area (Å²) in [5, 5.41) is 13.9. The highest BCUT2D eigenvalue weighted by atomic mass is 16.5. The van der Waals surface area contributed by atoms with E-state index in [9.17, 15) is 9.90 Å². The molecule has 0 saturated carbocycles. The Bertz CT molecular complexity index is 1300. The molecule has 9 nitrogen and oxygen atoms in total. The van der Waals surface area contributed by atoms with Gasteiger partial charge >= 0.3 is 0 Å². The van der Waals surface area contributed by atoms with Crippen molar-refractivity contribution in [3.8, 4) is 17.0 Å². The van der Waals surface area contributed by atoms with Crippen molar-refractivity contribution in [1.29, 1.82) is 0 Å². The number of ketones is 1. The predicted molar refractivity (Wildman–Crippen MR) is 145 cm³/mol. The molecule has 6 rings (SSSR count). The highest BCUT2D eigenvalue weighted by Crippen LogP contribution is 2.31. The molecule has 0 unspecified atom stereocenters. The molecule has 0 spiro atoms. The number of carbonyl (C=O) groups excluding carboxylic acids is 1. The molecule has 198 valence electrons. The van der Waals surface area contributed by atoms with Crippen LogP contribution in [0.1, 0.15) is 24.8 Å². The number of ether oxygens (including phenoxy) is 2. The normalized spacial score (nSPS) is 22.6. The summed E-state index contributed by atoms with van der Waals surface area (Å²) in [6.07, 6.45) is 2.75. The summed E-state index contributed by atoms with van der Waals surface area (Å²) in [6, 6.07) is 15.7. The molecule has 6 bridgehead atoms. The molecule has 4 heterocycles. The Balaban J connectivity index is 1.38. The highest BCUT2D eigenvalue weighted by molar-refractivity contribution is 5.84. The summed E-state index contributed by atoms with van der Waals surface area (Å²) in [5.74, 6) is 1.40. The Kier molecular flexibility index (Phi) is 7.22. The number of carbonyl (C=O) groups is 1. The number of aliphatic hydroxyl groups excluding tert-OH is 1. The maximum Gasteiger partial charge on any atom is 0.227 e. The van der Waals surface area contributed by atoms with Gasteiger partial charge in [-0.2, -0.15) is 0 Å². The quantitative estimate of drug-likeness (QED) is 0.505. The summed E-state index contributed by atoms with van der Waals surface area (Å²) >= 11 is 0. The van der Waals surface area contributed by atoms with Crippen molar-refractivity contribution < 1.29 is 19.4 Å². The van der Waals surface area contributed by atoms with Crippen LogP contribution in [0.4, 0.5) is 17.3 Å². The van der Waals surface area contributed by atoms with Gasteiger partial charge in [-0.1, -0.05) is 12.1 Å². The lowest BCUT2D eigenvalue weighted by molar-refractivity contribution is -0.123. The Morgan fingerprint density at radius 2 is 1.95 bits per heavy atom. The van der Waals surface area contributed by atoms with Crippen molar-refractivity contribution in [2.24, 2.45) is 0 Å². The molecule has 38 heavy (non-hydrogen) atoms. The number of hydrogen-bond donors (Lipinski definition) is 2. The number of nitrogens with one attached hydrogen (secondary N) is 1. The molecule has 9 heteroatoms. The number of anilines is 3. The highest BCUT2D eigenvalue weighted by Gasteiger charge is 2.36. The van der Waals surface area contributed by atoms with Gasteiger partial charge in [0, 0.05) is 55.7 Å². The van der Waals surface area contributed by atoms with E-state index in [4.69, 9.17) is 14.5 Å². The molecule has 2 fully saturated rings. The first kappa shape index (κ1) is 24.8. The maximum absolute atomic E-state index is 13.3. The van der Waals surface area contributed by atoms with Gasteiger partial charge in [0.15, 0.2) is 0 Å². The SMILES string of the molecule is O=C1CCCOc2cccc(c2)-c2ccnc(n2)Nc2ccc(N3CCOCC3)c(c2)CN2C[C@H](O)C[C@@H]12. The molecule has 0 aliphatic carbocycles. The van der Waals surface area contributed by atoms with E-state index < -0.39 is 6.10 Å². The zero-order valence-corrected chi connectivity index (χ0v) is 21.4. The van der Waals surface area contributed by atoms with Gasteiger partial charge in [-0.25, -0.2) is 9.97 Å². The van der Waals surface area contributed by atoms with Gasteiger partial charge in [-0.3, -0.25) is 9.69 Å². The number of benzene rings is 2. The average molecular weight is 516 g/mol. The average Bonchev–Trinajstić information content (AvgIpc) is 3.31. The smallest absolute Gasteiger partial charge is 0.227 e. The van der Waals surface area contributed by atoms with Gasteiger partial charge < -0.3 is 24.8 Å². The van der Waals surface area contributed by atoms with Crippen LogP contribution in [-0.2, 0) is 16.1 Å². The maximum atomic E-state index is 13.3. The second-order valence-corrected chi connectivity index (χ2v) is 10.1. The Morgan fingerprint density at radius 1 is 1.05 bits per heavy atom. The van der Waals surface area contributed by atoms with E-state index >= 15 is 0 Å². The number of hydrogen-bond acceptors (Lipinski definition) is 9. The van der Waals surface area contributed by atoms with E-state index in [0.29, 0.717) is 58.1 Å². The third kappa shape index (κ3) is 5.50. The minimum atomic E-state index is -0.513. The predicted octanol–water partition coefficient (Wildman–Crippen LogP) is 3.40. The molecule has 2 aromatic carbocycles. The lowest BCUT2D eigenvalue weighted by atomic mass is 10.0. The van der Waals surface area contributed by atoms with Crippen molar-refractivity contribution >= 4 is 23.1 Å². The first-order chi connectivity index (χ1) is 18.6. The zero-order valence-electron chi connectivity index (χ0n) is 21.4. The van der Waals surface area contributed by atoms with E-state index in [1.54, 1.807) is 6.20 Å². The van der Waals surface area contributed by atoms with Crippen LogP contribution >= 0.6 is 0 Å². The van der Waals surface area contributed by atoms with E-state index in [1.165, 1.54) is 0 Å². The summed E-state index contributed by atoms with van der Waals surface area (Å²) in [7, 11) is 0. The standard InChI is InChI=1S/C29H33N5O4/c35-23-17-27-28(36)5-2-12-38-24-4-1-3-20(16-24)25-8-9-30-29(32-25)31-22-6-7-26(33-10-13-37-14-11-33)21(15-22)18-34(27)19-23/h1,3-4,6-9,15-16,23,27,35H,2,5,10-14,17-19H2,(H,30,31,32)/t23-,27+/m1/s1. The number of morpholine rings is 1. The first-order valence-corrected chi connectivity index (χ1v) is 13.4. The second kappa shape index (κ2) is 11.1. The molecular formula is C29H33N5O4. The largest absolute Gasteiger partial charge is 0.494 e. The summed E-state index contributed by atoms with van der Waals surface area (Å²) in [4.78, 5) is 26.9. The van der Waals surface area contributed by atoms with E-state index in [2.05, 4.69) is 32.2 Å². The Labute approximate surface area is 222 Å². The number of Topliss-reactive ketones (excluding diaryl/α,β-unsaturated/α-hetero) is 1. The number of fused-ring (bicyclic) bond motifs is 8. The summed E-state index contributed by atoms with van der Waals surface area (Å²) < 4.78 is 11.6. The summed E-state index contributed by atoms with van der Waals surface area (Å²) in [6.45, 7) is 4.50. The zero-order chi connectivity index (χ0) is 25.9. The lowest BCUT2D eigenvalue weighted by Crippen LogP contribution is -2.39. The van der Waals surface area contributed by atoms with Crippen molar-refractivity contribution in [3.63, 3.8) is 0 Å². The number of aliphatic hydroxyl groups is 1. The third-order valence-corrected chi connectivity index (χ3v) is 7.44. The minimum absolute atomic E-state index is 0.158. The molecule has 3 aliphatic rings. The van der Waals surface area contributed by atoms with E-state index in [1.807, 2.05) is 36.4 Å². The molecule has 3 aliphatic heterocycles. The molecule has 0 radical (unpaired) electrons. The van der Waals surface area contributed by atoms with Crippen LogP contribution in [0.3, 0.4) is 0 Å². The van der Waals surface area contributed by atoms with Gasteiger partial charge in [0.05, 0.1) is 37.7 Å². The number of aromatic nitrogens is 2. The van der Waals surface area contributed by atoms with Crippen LogP contribution in [0.2, 0.25) is 0 Å². The van der Waals surface area contributed by atoms with Crippen molar-refractivity contribution in [3.05, 3.63) is 60.3 Å². The third-order valence-electron chi connectivity index (χ3n) is 7.44. The minimum Gasteiger partial charge on any atom is -0.494 e. The monoisotopic (exact) mass is 515 g/mol. The van der Waals surface area contributed by atoms with Crippen LogP contribution < -0.4 is 15.0 Å². The van der Waals surface area contributed by atoms with Crippen LogP contribution in [0.5, 0.6) is 5.75 Å². The molecule has 2 atom stereocenters. The van der Waals surface area contributed by atoms with Crippen molar-refractivity contribution in [2.45, 2.75) is 38.0 Å². The van der Waals surface area contributed by atoms with Gasteiger partial charge in [0.2, 0.25) is 5.95 Å². The summed E-state index contributed by atoms with van der Waals surface area (Å²) in [5.41, 5.74) is 4.82. The van der Waals surface area contributed by atoms with Gasteiger partial charge in [-0.05, 0) is 54.8 Å². The fourth-order valence-corrected chi connectivity index (χ4v) is 5.57. The topological polar surface area (TPSA) is 100 Å². The fraction of sp³-hybridized carbons (Fsp3) is 0.414. The molecule has 0 amide bonds. The molecule has 2 N–H and O–H groups in total. The van der Waals surface area contributed by atoms with Gasteiger partial charge in [0.1, 0.15) is 11.5 Å². The fourth-order valence-electron chi connectivity index (χ4n) is 5.57. The lowest BCUT2D eigenvalue weighted by Gasteiger charge is -2.32. The molecule has 3 aromatic rings.